The quantitative estimate of drug-likeness (QED) is 0.525. The summed E-state index contributed by atoms with van der Waals surface area (Å²) in [5, 5.41) is 0. The van der Waals surface area contributed by atoms with Crippen molar-refractivity contribution in [1.29, 1.82) is 0 Å². The molecule has 1 aliphatic rings. The second kappa shape index (κ2) is 9.02. The Labute approximate surface area is 196 Å². The molecule has 0 spiro atoms. The van der Waals surface area contributed by atoms with E-state index in [2.05, 4.69) is 18.7 Å². The summed E-state index contributed by atoms with van der Waals surface area (Å²) in [5.74, 6) is 0. The first kappa shape index (κ1) is 23.6. The molecule has 1 aliphatic heterocycles. The van der Waals surface area contributed by atoms with E-state index in [0.717, 1.165) is 16.7 Å². The molecule has 4 rings (SSSR count). The highest BCUT2D eigenvalue weighted by atomic mass is 32.2. The highest BCUT2D eigenvalue weighted by molar-refractivity contribution is 7.90. The van der Waals surface area contributed by atoms with E-state index in [9.17, 15) is 16.8 Å². The Balaban J connectivity index is 1.69. The van der Waals surface area contributed by atoms with Crippen LogP contribution in [0.5, 0.6) is 0 Å². The Morgan fingerprint density at radius 2 is 1.39 bits per heavy atom. The molecule has 0 bridgehead atoms. The zero-order valence-electron chi connectivity index (χ0n) is 18.9. The van der Waals surface area contributed by atoms with Gasteiger partial charge in [-0.05, 0) is 60.9 Å². The van der Waals surface area contributed by atoms with Gasteiger partial charge in [-0.2, -0.15) is 4.31 Å². The Hall–Kier alpha value is -2.52. The van der Waals surface area contributed by atoms with Crippen LogP contribution in [-0.2, 0) is 19.9 Å². The maximum absolute atomic E-state index is 13.2. The molecule has 1 heterocycles. The molecule has 3 aromatic carbocycles. The van der Waals surface area contributed by atoms with Crippen LogP contribution in [0.1, 0.15) is 25.5 Å². The number of benzene rings is 3. The first-order valence-corrected chi connectivity index (χ1v) is 14.1. The van der Waals surface area contributed by atoms with Crippen molar-refractivity contribution in [1.82, 2.24) is 9.21 Å². The highest BCUT2D eigenvalue weighted by Gasteiger charge is 2.39. The van der Waals surface area contributed by atoms with Crippen LogP contribution in [0.25, 0.3) is 11.1 Å². The Kier molecular flexibility index (Phi) is 6.46. The van der Waals surface area contributed by atoms with Gasteiger partial charge in [0, 0.05) is 18.8 Å². The van der Waals surface area contributed by atoms with Gasteiger partial charge in [-0.25, -0.2) is 16.8 Å². The van der Waals surface area contributed by atoms with Crippen LogP contribution in [0.4, 0.5) is 0 Å². The molecule has 8 heteroatoms. The Morgan fingerprint density at radius 3 is 2.03 bits per heavy atom. The summed E-state index contributed by atoms with van der Waals surface area (Å²) in [7, 11) is -6.92. The van der Waals surface area contributed by atoms with Crippen molar-refractivity contribution < 1.29 is 16.8 Å². The summed E-state index contributed by atoms with van der Waals surface area (Å²) in [6.45, 7) is 4.78. The monoisotopic (exact) mass is 484 g/mol. The predicted molar refractivity (Wildman–Crippen MR) is 130 cm³/mol. The van der Waals surface area contributed by atoms with Gasteiger partial charge in [0.25, 0.3) is 0 Å². The van der Waals surface area contributed by atoms with Crippen molar-refractivity contribution in [3.05, 3.63) is 84.4 Å². The van der Waals surface area contributed by atoms with Crippen molar-refractivity contribution in [3.8, 4) is 11.1 Å². The summed E-state index contributed by atoms with van der Waals surface area (Å²) < 4.78 is 52.0. The van der Waals surface area contributed by atoms with Gasteiger partial charge in [0.15, 0.2) is 9.84 Å². The lowest BCUT2D eigenvalue weighted by molar-refractivity contribution is 0.199. The predicted octanol–water partition coefficient (Wildman–Crippen LogP) is 4.17. The molecule has 0 saturated carbocycles. The van der Waals surface area contributed by atoms with E-state index in [0.29, 0.717) is 18.1 Å². The first-order valence-electron chi connectivity index (χ1n) is 10.8. The summed E-state index contributed by atoms with van der Waals surface area (Å²) in [4.78, 5) is 2.74. The van der Waals surface area contributed by atoms with Gasteiger partial charge in [0.05, 0.1) is 22.5 Å². The minimum atomic E-state index is -3.61. The summed E-state index contributed by atoms with van der Waals surface area (Å²) in [5.41, 5.74) is 2.70. The molecule has 1 atom stereocenters. The average Bonchev–Trinajstić information content (AvgIpc) is 3.26. The van der Waals surface area contributed by atoms with E-state index < -0.39 is 19.9 Å². The fraction of sp³-hybridized carbons (Fsp3) is 0.280. The molecule has 0 amide bonds. The summed E-state index contributed by atoms with van der Waals surface area (Å²) in [6, 6.07) is 23.3. The number of sulfone groups is 1. The molecule has 0 aliphatic carbocycles. The zero-order valence-corrected chi connectivity index (χ0v) is 20.6. The van der Waals surface area contributed by atoms with Gasteiger partial charge in [-0.15, -0.1) is 0 Å². The maximum atomic E-state index is 13.2. The normalized spacial score (nSPS) is 18.1. The third kappa shape index (κ3) is 4.89. The molecule has 0 N–H and O–H groups in total. The molecule has 33 heavy (non-hydrogen) atoms. The minimum absolute atomic E-state index is 0.110. The van der Waals surface area contributed by atoms with Crippen LogP contribution in [0.3, 0.4) is 0 Å². The lowest BCUT2D eigenvalue weighted by Gasteiger charge is -2.27. The minimum Gasteiger partial charge on any atom is -0.279 e. The molecular weight excluding hydrogens is 456 g/mol. The average molecular weight is 485 g/mol. The molecule has 1 saturated heterocycles. The second-order valence-electron chi connectivity index (χ2n) is 8.64. The number of nitrogens with zero attached hydrogens (tertiary/aromatic N) is 2. The van der Waals surface area contributed by atoms with E-state index in [1.807, 2.05) is 30.3 Å². The van der Waals surface area contributed by atoms with Crippen LogP contribution in [0.15, 0.2) is 88.7 Å². The number of hydrogen-bond donors (Lipinski definition) is 0. The third-order valence-electron chi connectivity index (χ3n) is 6.01. The summed E-state index contributed by atoms with van der Waals surface area (Å²) in [6.07, 6.45) is 1.20. The lowest BCUT2D eigenvalue weighted by atomic mass is 9.99. The Bertz CT molecular complexity index is 1350. The van der Waals surface area contributed by atoms with Crippen molar-refractivity contribution in [3.63, 3.8) is 0 Å². The SMILES string of the molecule is CC(C)N1CN(S(=O)(=O)c2ccccc2)CC1c1cccc(-c2cccc(S(C)(=O)=O)c2)c1. The highest BCUT2D eigenvalue weighted by Crippen LogP contribution is 2.35. The number of rotatable bonds is 6. The first-order chi connectivity index (χ1) is 15.6. The van der Waals surface area contributed by atoms with Crippen LogP contribution >= 0.6 is 0 Å². The van der Waals surface area contributed by atoms with Crippen molar-refractivity contribution >= 4 is 19.9 Å². The fourth-order valence-electron chi connectivity index (χ4n) is 4.20. The molecule has 1 fully saturated rings. The number of hydrogen-bond acceptors (Lipinski definition) is 5. The van der Waals surface area contributed by atoms with E-state index in [4.69, 9.17) is 0 Å². The topological polar surface area (TPSA) is 74.8 Å². The van der Waals surface area contributed by atoms with Gasteiger partial charge < -0.3 is 0 Å². The Morgan fingerprint density at radius 1 is 0.788 bits per heavy atom. The van der Waals surface area contributed by atoms with E-state index in [-0.39, 0.29) is 17.0 Å². The second-order valence-corrected chi connectivity index (χ2v) is 12.6. The van der Waals surface area contributed by atoms with Crippen molar-refractivity contribution in [2.75, 3.05) is 19.5 Å². The van der Waals surface area contributed by atoms with Gasteiger partial charge in [0.2, 0.25) is 10.0 Å². The van der Waals surface area contributed by atoms with Gasteiger partial charge in [0.1, 0.15) is 0 Å². The lowest BCUT2D eigenvalue weighted by Crippen LogP contribution is -2.34. The van der Waals surface area contributed by atoms with Crippen LogP contribution in [0, 0.1) is 0 Å². The molecule has 3 aromatic rings. The molecule has 1 unspecified atom stereocenters. The number of sulfonamides is 1. The van der Waals surface area contributed by atoms with Gasteiger partial charge in [-0.1, -0.05) is 48.5 Å². The molecule has 0 radical (unpaired) electrons. The third-order valence-corrected chi connectivity index (χ3v) is 8.93. The van der Waals surface area contributed by atoms with E-state index in [1.54, 1.807) is 48.5 Å². The molecular formula is C25H28N2O4S2. The van der Waals surface area contributed by atoms with Gasteiger partial charge >= 0.3 is 0 Å². The van der Waals surface area contributed by atoms with Crippen molar-refractivity contribution in [2.24, 2.45) is 0 Å². The van der Waals surface area contributed by atoms with Crippen LogP contribution < -0.4 is 0 Å². The molecule has 0 aromatic heterocycles. The maximum Gasteiger partial charge on any atom is 0.244 e. The fourth-order valence-corrected chi connectivity index (χ4v) is 6.29. The van der Waals surface area contributed by atoms with E-state index in [1.165, 1.54) is 10.6 Å². The molecule has 6 nitrogen and oxygen atoms in total. The van der Waals surface area contributed by atoms with Crippen LogP contribution in [-0.4, -0.2) is 51.6 Å². The largest absolute Gasteiger partial charge is 0.279 e. The molecule has 174 valence electrons. The smallest absolute Gasteiger partial charge is 0.244 e. The van der Waals surface area contributed by atoms with Gasteiger partial charge in [-0.3, -0.25) is 4.90 Å². The zero-order chi connectivity index (χ0) is 23.8. The van der Waals surface area contributed by atoms with Crippen molar-refractivity contribution in [2.45, 2.75) is 35.7 Å². The van der Waals surface area contributed by atoms with E-state index >= 15 is 0 Å². The summed E-state index contributed by atoms with van der Waals surface area (Å²) >= 11 is 0. The standard InChI is InChI=1S/C25H28N2O4S2/c1-19(2)27-18-26(33(30,31)23-12-5-4-6-13-23)17-25(27)22-11-7-9-20(15-22)21-10-8-14-24(16-21)32(3,28)29/h4-16,19,25H,17-18H2,1-3H3. The van der Waals surface area contributed by atoms with Crippen LogP contribution in [0.2, 0.25) is 0 Å².